The minimum atomic E-state index is -0.725. The molecule has 0 aliphatic heterocycles. The van der Waals surface area contributed by atoms with E-state index in [0.717, 1.165) is 91.6 Å². The lowest BCUT2D eigenvalue weighted by Crippen LogP contribution is -2.11. The number of hydrogen-bond acceptors (Lipinski definition) is 7. The molecule has 121 heavy (non-hydrogen) atoms. The van der Waals surface area contributed by atoms with Crippen LogP contribution in [-0.4, -0.2) is 49.3 Å². The minimum absolute atomic E-state index is 0.0775. The fourth-order valence-corrected chi connectivity index (χ4v) is 12.3. The maximum absolute atomic E-state index is 10.3. The smallest absolute Gasteiger partial charge is 0.303 e. The Labute approximate surface area is 739 Å². The predicted octanol–water partition coefficient (Wildman–Crippen LogP) is 31.6. The normalized spacial score (nSPS) is 10.9. The number of benzene rings is 8. The summed E-state index contributed by atoms with van der Waals surface area (Å²) in [6.07, 6.45) is 19.1. The van der Waals surface area contributed by atoms with Crippen LogP contribution in [0.1, 0.15) is 279 Å². The standard InChI is InChI=1S/C16H18.C14H16.C12H15N.C10H13NO2.C10H14O.C10H14.C9H13N.C8H18.C7H17N.C6H12O2.C5H12O.C4H10/c1-13(2)12-14-8-10-16(11-9-14)15-6-4-3-5-7-15;1-11(2)9-12-7-8-13-5-3-4-6-14(13)10-12;1-9(2)7-10-8-13-12-6-4-3-5-11(10)12;1-8(2)7-9-3-5-10(6-4-9)11(12)13;1-8(2)7-9-3-5-10(11)6-4-9;1-9(2)8-10-6-4-3-5-7-10;1-8(2)6-9-4-3-5-10-7-9;1-7(2)6-8(3,4)5;1-7(2)5-3-4-6-8;1-6(2,3)4-5(7)8;1-5(2,3)4-6;1-4(2)3/h3-11,13H,12H2,1-2H3;3-8,10-11H,9H2,1-2H3;3-6,8-9,13H,7H2,1-2H3;3-6,8H,7H2,1-2H3;3-6,8,11H,7H2,1-2H3;3-7,9H,8H2,1-2H3;3-5,7-8H,6H2,1-2H3;7H,6H2,1-5H3;7H,3-6,8H2,1-2H3;4H2,1-3H3,(H,7,8);6H,4H2,1-3H3;4H,1-3H3. The van der Waals surface area contributed by atoms with E-state index in [4.69, 9.17) is 21.1 Å². The van der Waals surface area contributed by atoms with Gasteiger partial charge in [-0.05, 0) is 225 Å². The summed E-state index contributed by atoms with van der Waals surface area (Å²) < 4.78 is 0. The van der Waals surface area contributed by atoms with E-state index in [-0.39, 0.29) is 34.5 Å². The van der Waals surface area contributed by atoms with Gasteiger partial charge in [-0.2, -0.15) is 0 Å². The number of para-hydroxylation sites is 1. The molecule has 0 aliphatic rings. The summed E-state index contributed by atoms with van der Waals surface area (Å²) in [4.78, 5) is 27.3. The maximum Gasteiger partial charge on any atom is 0.303 e. The Bertz CT molecular complexity index is 4070. The van der Waals surface area contributed by atoms with Gasteiger partial charge in [-0.25, -0.2) is 0 Å². The Kier molecular flexibility index (Phi) is 61.5. The van der Waals surface area contributed by atoms with Crippen molar-refractivity contribution in [2.45, 2.75) is 285 Å². The highest BCUT2D eigenvalue weighted by molar-refractivity contribution is 5.83. The number of pyridine rings is 1. The second-order valence-electron chi connectivity index (χ2n) is 40.1. The molecule has 10 heteroatoms. The van der Waals surface area contributed by atoms with Crippen molar-refractivity contribution >= 4 is 33.3 Å². The van der Waals surface area contributed by atoms with Gasteiger partial charge < -0.3 is 26.0 Å². The zero-order valence-corrected chi connectivity index (χ0v) is 81.7. The minimum Gasteiger partial charge on any atom is -0.508 e. The number of carboxylic acid groups (broad SMARTS) is 1. The second-order valence-corrected chi connectivity index (χ2v) is 40.1. The Balaban J connectivity index is 0. The summed E-state index contributed by atoms with van der Waals surface area (Å²) >= 11 is 0. The number of aromatic nitrogens is 2. The summed E-state index contributed by atoms with van der Waals surface area (Å²) in [5.74, 6) is 7.08. The van der Waals surface area contributed by atoms with E-state index in [1.165, 1.54) is 105 Å². The van der Waals surface area contributed by atoms with Crippen molar-refractivity contribution in [2.75, 3.05) is 13.2 Å². The van der Waals surface area contributed by atoms with Gasteiger partial charge in [-0.1, -0.05) is 396 Å². The molecule has 8 aromatic carbocycles. The van der Waals surface area contributed by atoms with E-state index in [2.05, 4.69) is 340 Å². The van der Waals surface area contributed by atoms with E-state index >= 15 is 0 Å². The molecule has 10 aromatic rings. The zero-order chi connectivity index (χ0) is 92.3. The van der Waals surface area contributed by atoms with E-state index in [1.807, 2.05) is 84.3 Å². The Morgan fingerprint density at radius 2 is 0.802 bits per heavy atom. The number of rotatable bonds is 22. The first-order valence-corrected chi connectivity index (χ1v) is 45.2. The number of aromatic amines is 1. The molecule has 10 rings (SSSR count). The van der Waals surface area contributed by atoms with Gasteiger partial charge in [0, 0.05) is 48.2 Å². The van der Waals surface area contributed by atoms with Gasteiger partial charge in [0.1, 0.15) is 5.75 Å². The predicted molar refractivity (Wildman–Crippen MR) is 531 cm³/mol. The number of H-pyrrole nitrogens is 1. The molecular weight excluding hydrogens is 1490 g/mol. The van der Waals surface area contributed by atoms with Crippen molar-refractivity contribution in [1.29, 1.82) is 0 Å². The van der Waals surface area contributed by atoms with Crippen LogP contribution in [0.15, 0.2) is 231 Å². The molecule has 2 heterocycles. The van der Waals surface area contributed by atoms with Crippen LogP contribution in [0.5, 0.6) is 5.75 Å². The summed E-state index contributed by atoms with van der Waals surface area (Å²) in [5, 5.41) is 40.0. The van der Waals surface area contributed by atoms with Gasteiger partial charge in [-0.15, -0.1) is 0 Å². The van der Waals surface area contributed by atoms with Gasteiger partial charge in [0.05, 0.1) is 11.3 Å². The lowest BCUT2D eigenvalue weighted by molar-refractivity contribution is -0.384. The number of aromatic hydroxyl groups is 1. The van der Waals surface area contributed by atoms with E-state index in [9.17, 15) is 14.9 Å². The van der Waals surface area contributed by atoms with Crippen LogP contribution in [0.4, 0.5) is 5.69 Å². The number of nitrogens with two attached hydrogens (primary N) is 1. The van der Waals surface area contributed by atoms with Crippen LogP contribution in [-0.2, 0) is 49.7 Å². The molecule has 2 aromatic heterocycles. The molecule has 0 radical (unpaired) electrons. The molecule has 0 atom stereocenters. The SMILES string of the molecule is CC(C)(C)CC(=O)O.CC(C)(C)CO.CC(C)C.CC(C)CC(C)(C)C.CC(C)CCCCN.CC(C)Cc1c[nH]c2ccccc12.CC(C)Cc1ccc(-c2ccccc2)cc1.CC(C)Cc1ccc(O)cc1.CC(C)Cc1ccc([N+](=O)[O-])cc1.CC(C)Cc1ccc2ccccc2c1.CC(C)Cc1ccccc1.CC(C)Cc1cccnc1. The molecule has 0 aliphatic carbocycles. The summed E-state index contributed by atoms with van der Waals surface area (Å²) in [7, 11) is 0. The number of carboxylic acids is 1. The third kappa shape index (κ3) is 68.5. The van der Waals surface area contributed by atoms with Crippen molar-refractivity contribution < 1.29 is 25.0 Å². The fraction of sp³-hybridized carbons (Fsp3) is 0.514. The Hall–Kier alpha value is -8.70. The van der Waals surface area contributed by atoms with E-state index < -0.39 is 5.97 Å². The van der Waals surface area contributed by atoms with Crippen molar-refractivity contribution in [3.8, 4) is 16.9 Å². The quantitative estimate of drug-likeness (QED) is 0.0253. The molecule has 0 saturated carbocycles. The fourth-order valence-electron chi connectivity index (χ4n) is 12.3. The largest absolute Gasteiger partial charge is 0.508 e. The van der Waals surface area contributed by atoms with E-state index in [1.54, 1.807) is 24.3 Å². The first-order chi connectivity index (χ1) is 56.5. The third-order valence-corrected chi connectivity index (χ3v) is 17.1. The number of aliphatic carboxylic acids is 1. The number of nitro groups is 1. The lowest BCUT2D eigenvalue weighted by Gasteiger charge is -2.19. The molecule has 0 spiro atoms. The average molecular weight is 1660 g/mol. The van der Waals surface area contributed by atoms with Gasteiger partial charge in [0.25, 0.3) is 5.69 Å². The Morgan fingerprint density at radius 3 is 1.18 bits per heavy atom. The third-order valence-electron chi connectivity index (χ3n) is 17.1. The molecular formula is C111H172N4O6. The number of carbonyl (C=O) groups is 1. The van der Waals surface area contributed by atoms with Gasteiger partial charge in [0.2, 0.25) is 0 Å². The molecule has 6 N–H and O–H groups in total. The highest BCUT2D eigenvalue weighted by Gasteiger charge is 2.15. The molecule has 0 fully saturated rings. The number of hydrogen-bond donors (Lipinski definition) is 5. The van der Waals surface area contributed by atoms with Crippen molar-refractivity contribution in [1.82, 2.24) is 9.97 Å². The highest BCUT2D eigenvalue weighted by atomic mass is 16.6. The number of aliphatic hydroxyl groups is 1. The monoisotopic (exact) mass is 1660 g/mol. The van der Waals surface area contributed by atoms with Crippen LogP contribution >= 0.6 is 0 Å². The summed E-state index contributed by atoms with van der Waals surface area (Å²) in [6.45, 7) is 66.3. The van der Waals surface area contributed by atoms with Gasteiger partial charge >= 0.3 is 5.97 Å². The molecule has 0 amide bonds. The summed E-state index contributed by atoms with van der Waals surface area (Å²) in [6, 6.07) is 72.0. The van der Waals surface area contributed by atoms with Crippen LogP contribution in [0.2, 0.25) is 0 Å². The number of nitrogens with one attached hydrogen (secondary N) is 1. The molecule has 0 unspecified atom stereocenters. The molecule has 0 bridgehead atoms. The number of phenols is 1. The van der Waals surface area contributed by atoms with E-state index in [0.29, 0.717) is 23.0 Å². The topological polar surface area (TPSA) is 176 Å². The number of phenolic OH excluding ortho intramolecular Hbond substituents is 1. The number of non-ortho nitro benzene ring substituents is 1. The number of fused-ring (bicyclic) bond motifs is 2. The Morgan fingerprint density at radius 1 is 0.421 bits per heavy atom. The number of nitro benzene ring substituents is 1. The van der Waals surface area contributed by atoms with Gasteiger partial charge in [-0.3, -0.25) is 19.9 Å². The first kappa shape index (κ1) is 114. The number of unbranched alkanes of at least 4 members (excludes halogenated alkanes) is 1. The van der Waals surface area contributed by atoms with Crippen LogP contribution < -0.4 is 5.73 Å². The van der Waals surface area contributed by atoms with Gasteiger partial charge in [0.15, 0.2) is 0 Å². The number of nitrogens with zero attached hydrogens (tertiary/aromatic N) is 2. The van der Waals surface area contributed by atoms with Crippen LogP contribution in [0.25, 0.3) is 32.8 Å². The highest BCUT2D eigenvalue weighted by Crippen LogP contribution is 2.26. The van der Waals surface area contributed by atoms with Crippen LogP contribution in [0, 0.1) is 85.5 Å². The van der Waals surface area contributed by atoms with Crippen LogP contribution in [0.3, 0.4) is 0 Å². The zero-order valence-electron chi connectivity index (χ0n) is 81.7. The second kappa shape index (κ2) is 65.0. The van der Waals surface area contributed by atoms with Crippen molar-refractivity contribution in [3.63, 3.8) is 0 Å². The summed E-state index contributed by atoms with van der Waals surface area (Å²) in [5.41, 5.74) is 19.4. The average Bonchev–Trinajstić information content (AvgIpc) is 1.73. The molecule has 672 valence electrons. The number of aliphatic hydroxyl groups excluding tert-OH is 1. The molecule has 0 saturated heterocycles. The maximum atomic E-state index is 10.3. The first-order valence-electron chi connectivity index (χ1n) is 45.2. The lowest BCUT2D eigenvalue weighted by atomic mass is 9.86. The molecule has 10 nitrogen and oxygen atoms in total. The van der Waals surface area contributed by atoms with Crippen molar-refractivity contribution in [3.05, 3.63) is 280 Å². The van der Waals surface area contributed by atoms with Crippen molar-refractivity contribution in [2.24, 2.45) is 81.2 Å².